The summed E-state index contributed by atoms with van der Waals surface area (Å²) in [5.74, 6) is 0. The predicted octanol–water partition coefficient (Wildman–Crippen LogP) is 3.26. The van der Waals surface area contributed by atoms with Crippen LogP contribution in [0.4, 0.5) is 18.0 Å². The van der Waals surface area contributed by atoms with Gasteiger partial charge in [-0.15, -0.1) is 0 Å². The minimum Gasteiger partial charge on any atom is -0.336 e. The molecule has 1 N–H and O–H groups in total. The van der Waals surface area contributed by atoms with Crippen LogP contribution in [-0.2, 0) is 6.18 Å². The zero-order chi connectivity index (χ0) is 17.3. The maximum absolute atomic E-state index is 12.7. The number of alkyl halides is 3. The Labute approximate surface area is 139 Å². The molecule has 4 nitrogen and oxygen atoms in total. The van der Waals surface area contributed by atoms with Gasteiger partial charge in [-0.3, -0.25) is 4.90 Å². The maximum atomic E-state index is 12.7. The van der Waals surface area contributed by atoms with Crippen LogP contribution in [0.25, 0.3) is 0 Å². The zero-order valence-electron chi connectivity index (χ0n) is 13.6. The van der Waals surface area contributed by atoms with Crippen LogP contribution in [0.2, 0.25) is 0 Å². The van der Waals surface area contributed by atoms with Crippen LogP contribution >= 0.6 is 0 Å². The molecule has 7 heteroatoms. The Morgan fingerprint density at radius 3 is 2.25 bits per heavy atom. The molecule has 0 aliphatic carbocycles. The van der Waals surface area contributed by atoms with Crippen LogP contribution < -0.4 is 5.32 Å². The number of urea groups is 1. The number of likely N-dealkylation sites (tertiary alicyclic amines) is 1. The topological polar surface area (TPSA) is 35.6 Å². The van der Waals surface area contributed by atoms with Crippen molar-refractivity contribution < 1.29 is 18.0 Å². The lowest BCUT2D eigenvalue weighted by Crippen LogP contribution is -2.46. The fourth-order valence-electron chi connectivity index (χ4n) is 3.58. The number of hydrogen-bond acceptors (Lipinski definition) is 2. The summed E-state index contributed by atoms with van der Waals surface area (Å²) < 4.78 is 38.0. The average Bonchev–Trinajstić information content (AvgIpc) is 3.00. The summed E-state index contributed by atoms with van der Waals surface area (Å²) in [5.41, 5.74) is 0.276. The lowest BCUT2D eigenvalue weighted by molar-refractivity contribution is -0.137. The zero-order valence-corrected chi connectivity index (χ0v) is 13.6. The number of nitrogens with one attached hydrogen (secondary N) is 1. The lowest BCUT2D eigenvalue weighted by atomic mass is 9.98. The Morgan fingerprint density at radius 2 is 1.75 bits per heavy atom. The van der Waals surface area contributed by atoms with Crippen molar-refractivity contribution in [1.82, 2.24) is 15.1 Å². The largest absolute Gasteiger partial charge is 0.416 e. The second-order valence-electron chi connectivity index (χ2n) is 6.49. The second-order valence-corrected chi connectivity index (χ2v) is 6.49. The van der Waals surface area contributed by atoms with Gasteiger partial charge in [-0.1, -0.05) is 12.1 Å². The molecule has 2 fully saturated rings. The monoisotopic (exact) mass is 341 g/mol. The minimum absolute atomic E-state index is 0.0178. The number of carbonyl (C=O) groups is 1. The van der Waals surface area contributed by atoms with Crippen molar-refractivity contribution in [3.8, 4) is 0 Å². The smallest absolute Gasteiger partial charge is 0.336 e. The van der Waals surface area contributed by atoms with Gasteiger partial charge in [0.25, 0.3) is 0 Å². The standard InChI is InChI=1S/C17H22F3N3O/c1-12(13-2-4-14(5-3-13)17(18,19)20)22-9-6-15(7-10-22)23-11-8-21-16(23)24/h2-5,12,15H,6-11H2,1H3,(H,21,24)/t12-/m0/s1. The van der Waals surface area contributed by atoms with Crippen molar-refractivity contribution in [2.24, 2.45) is 0 Å². The Hall–Kier alpha value is -1.76. The van der Waals surface area contributed by atoms with Gasteiger partial charge in [0.15, 0.2) is 0 Å². The molecule has 2 aliphatic rings. The van der Waals surface area contributed by atoms with E-state index >= 15 is 0 Å². The molecule has 2 aliphatic heterocycles. The van der Waals surface area contributed by atoms with Gasteiger partial charge in [0, 0.05) is 38.3 Å². The number of amides is 2. The SMILES string of the molecule is C[C@@H](c1ccc(C(F)(F)F)cc1)N1CCC(N2CCNC2=O)CC1. The van der Waals surface area contributed by atoms with Crippen molar-refractivity contribution in [2.75, 3.05) is 26.2 Å². The summed E-state index contributed by atoms with van der Waals surface area (Å²) in [4.78, 5) is 15.9. The Bertz CT molecular complexity index is 580. The minimum atomic E-state index is -4.30. The Kier molecular flexibility index (Phi) is 4.71. The van der Waals surface area contributed by atoms with E-state index in [2.05, 4.69) is 10.2 Å². The van der Waals surface area contributed by atoms with Gasteiger partial charge in [0.2, 0.25) is 0 Å². The van der Waals surface area contributed by atoms with Crippen molar-refractivity contribution in [3.05, 3.63) is 35.4 Å². The number of carbonyl (C=O) groups excluding carboxylic acids is 1. The molecule has 0 saturated carbocycles. The lowest BCUT2D eigenvalue weighted by Gasteiger charge is -2.39. The molecule has 2 heterocycles. The molecule has 0 radical (unpaired) electrons. The Morgan fingerprint density at radius 1 is 1.12 bits per heavy atom. The third-order valence-corrected chi connectivity index (χ3v) is 5.10. The van der Waals surface area contributed by atoms with Crippen LogP contribution in [0.15, 0.2) is 24.3 Å². The van der Waals surface area contributed by atoms with E-state index in [-0.39, 0.29) is 18.1 Å². The molecule has 2 saturated heterocycles. The van der Waals surface area contributed by atoms with Crippen LogP contribution in [-0.4, -0.2) is 48.1 Å². The van der Waals surface area contributed by atoms with Crippen LogP contribution in [0, 0.1) is 0 Å². The molecule has 0 unspecified atom stereocenters. The van der Waals surface area contributed by atoms with Gasteiger partial charge >= 0.3 is 12.2 Å². The van der Waals surface area contributed by atoms with Crippen molar-refractivity contribution in [1.29, 1.82) is 0 Å². The van der Waals surface area contributed by atoms with Crippen molar-refractivity contribution in [2.45, 2.75) is 38.0 Å². The number of benzene rings is 1. The van der Waals surface area contributed by atoms with E-state index < -0.39 is 11.7 Å². The van der Waals surface area contributed by atoms with E-state index in [4.69, 9.17) is 0 Å². The van der Waals surface area contributed by atoms with Gasteiger partial charge < -0.3 is 10.2 Å². The van der Waals surface area contributed by atoms with E-state index in [1.165, 1.54) is 0 Å². The van der Waals surface area contributed by atoms with E-state index in [1.54, 1.807) is 12.1 Å². The second kappa shape index (κ2) is 6.63. The highest BCUT2D eigenvalue weighted by Gasteiger charge is 2.33. The molecule has 2 amide bonds. The molecule has 0 bridgehead atoms. The van der Waals surface area contributed by atoms with Gasteiger partial charge in [0.1, 0.15) is 0 Å². The number of hydrogen-bond donors (Lipinski definition) is 1. The number of piperidine rings is 1. The van der Waals surface area contributed by atoms with Gasteiger partial charge in [0.05, 0.1) is 5.56 Å². The summed E-state index contributed by atoms with van der Waals surface area (Å²) in [6.07, 6.45) is -2.49. The maximum Gasteiger partial charge on any atom is 0.416 e. The molecular formula is C17H22F3N3O. The van der Waals surface area contributed by atoms with E-state index in [0.29, 0.717) is 6.54 Å². The third kappa shape index (κ3) is 3.50. The van der Waals surface area contributed by atoms with E-state index in [9.17, 15) is 18.0 Å². The van der Waals surface area contributed by atoms with Crippen LogP contribution in [0.3, 0.4) is 0 Å². The summed E-state index contributed by atoms with van der Waals surface area (Å²) in [7, 11) is 0. The molecule has 1 aromatic carbocycles. The first-order valence-electron chi connectivity index (χ1n) is 8.32. The Balaban J connectivity index is 1.58. The number of nitrogens with zero attached hydrogens (tertiary/aromatic N) is 2. The first-order chi connectivity index (χ1) is 11.4. The molecule has 0 aromatic heterocycles. The molecule has 132 valence electrons. The highest BCUT2D eigenvalue weighted by molar-refractivity contribution is 5.76. The highest BCUT2D eigenvalue weighted by Crippen LogP contribution is 2.31. The predicted molar refractivity (Wildman–Crippen MR) is 84.6 cm³/mol. The molecule has 24 heavy (non-hydrogen) atoms. The molecule has 3 rings (SSSR count). The summed E-state index contributed by atoms with van der Waals surface area (Å²) >= 11 is 0. The fourth-order valence-corrected chi connectivity index (χ4v) is 3.58. The van der Waals surface area contributed by atoms with Gasteiger partial charge in [-0.25, -0.2) is 4.79 Å². The third-order valence-electron chi connectivity index (χ3n) is 5.10. The first-order valence-corrected chi connectivity index (χ1v) is 8.32. The van der Waals surface area contributed by atoms with Crippen LogP contribution in [0.1, 0.15) is 36.9 Å². The number of halogens is 3. The average molecular weight is 341 g/mol. The molecule has 1 aromatic rings. The van der Waals surface area contributed by atoms with Gasteiger partial charge in [-0.2, -0.15) is 13.2 Å². The van der Waals surface area contributed by atoms with Gasteiger partial charge in [-0.05, 0) is 37.5 Å². The first kappa shape index (κ1) is 17.1. The van der Waals surface area contributed by atoms with Crippen molar-refractivity contribution in [3.63, 3.8) is 0 Å². The molecule has 0 spiro atoms. The molecule has 1 atom stereocenters. The van der Waals surface area contributed by atoms with E-state index in [0.717, 1.165) is 50.2 Å². The normalized spacial score (nSPS) is 21.8. The van der Waals surface area contributed by atoms with Crippen molar-refractivity contribution >= 4 is 6.03 Å². The fraction of sp³-hybridized carbons (Fsp3) is 0.588. The van der Waals surface area contributed by atoms with Crippen LogP contribution in [0.5, 0.6) is 0 Å². The summed E-state index contributed by atoms with van der Waals surface area (Å²) in [6.45, 7) is 5.18. The summed E-state index contributed by atoms with van der Waals surface area (Å²) in [6, 6.07) is 5.77. The van der Waals surface area contributed by atoms with E-state index in [1.807, 2.05) is 11.8 Å². The quantitative estimate of drug-likeness (QED) is 0.916. The summed E-state index contributed by atoms with van der Waals surface area (Å²) in [5, 5.41) is 2.83. The highest BCUT2D eigenvalue weighted by atomic mass is 19.4. The molecular weight excluding hydrogens is 319 g/mol. The number of rotatable bonds is 3.